The van der Waals surface area contributed by atoms with Gasteiger partial charge >= 0.3 is 0 Å². The van der Waals surface area contributed by atoms with Gasteiger partial charge in [0.15, 0.2) is 0 Å². The summed E-state index contributed by atoms with van der Waals surface area (Å²) in [6.45, 7) is 13.7. The summed E-state index contributed by atoms with van der Waals surface area (Å²) in [6, 6.07) is 82.5. The molecule has 0 aliphatic heterocycles. The number of benzene rings is 10. The topological polar surface area (TPSA) is 29.5 Å². The maximum atomic E-state index is 6.52. The van der Waals surface area contributed by atoms with Crippen molar-refractivity contribution < 1.29 is 8.83 Å². The molecule has 12 aromatic rings. The van der Waals surface area contributed by atoms with Gasteiger partial charge in [0.1, 0.15) is 22.3 Å². The van der Waals surface area contributed by atoms with Crippen LogP contribution in [0, 0.1) is 0 Å². The van der Waals surface area contributed by atoms with Crippen molar-refractivity contribution in [1.29, 1.82) is 0 Å². The fourth-order valence-electron chi connectivity index (χ4n) is 11.6. The summed E-state index contributed by atoms with van der Waals surface area (Å²) in [5.74, 6) is 0. The van der Waals surface area contributed by atoms with Crippen LogP contribution in [-0.4, -0.2) is 0 Å². The molecule has 72 heavy (non-hydrogen) atoms. The number of anilines is 3. The smallest absolute Gasteiger partial charge is 0.143 e. The molecule has 0 spiro atoms. The molecule has 1 aliphatic rings. The molecule has 0 saturated heterocycles. The molecule has 0 fully saturated rings. The van der Waals surface area contributed by atoms with E-state index in [1.807, 2.05) is 24.3 Å². The first-order valence-electron chi connectivity index (χ1n) is 25.2. The molecular weight excluding hydrogens is 875 g/mol. The number of hydrogen-bond donors (Lipinski definition) is 0. The quantitative estimate of drug-likeness (QED) is 0.159. The predicted molar refractivity (Wildman–Crippen MR) is 301 cm³/mol. The molecule has 0 atom stereocenters. The Kier molecular flexibility index (Phi) is 9.89. The summed E-state index contributed by atoms with van der Waals surface area (Å²) in [7, 11) is 0. The van der Waals surface area contributed by atoms with Gasteiger partial charge < -0.3 is 13.7 Å². The van der Waals surface area contributed by atoms with E-state index in [4.69, 9.17) is 8.83 Å². The van der Waals surface area contributed by atoms with Crippen LogP contribution in [0.3, 0.4) is 0 Å². The van der Waals surface area contributed by atoms with Gasteiger partial charge in [0.25, 0.3) is 0 Å². The lowest BCUT2D eigenvalue weighted by atomic mass is 9.67. The zero-order valence-electron chi connectivity index (χ0n) is 41.6. The van der Waals surface area contributed by atoms with Gasteiger partial charge in [-0.3, -0.25) is 0 Å². The molecular formula is C69H55NO2. The van der Waals surface area contributed by atoms with E-state index in [2.05, 4.69) is 247 Å². The minimum Gasteiger partial charge on any atom is -0.455 e. The number of nitrogens with zero attached hydrogens (tertiary/aromatic N) is 1. The van der Waals surface area contributed by atoms with Gasteiger partial charge in [-0.15, -0.1) is 0 Å². The molecule has 0 saturated carbocycles. The SMILES string of the molecule is CC(C)(C)c1ccc(C2(c3ccc(C(C)(C)C)cc3)c3ccccc3-c3cc(N(c4ccc(-c5cccc6c5oc5ccccc56)cc4)c4ccc(-c5cccc6c5oc5ccccc56)cc4)ccc32)cc1. The lowest BCUT2D eigenvalue weighted by Gasteiger charge is -2.35. The molecule has 0 unspecified atom stereocenters. The molecule has 348 valence electrons. The first-order valence-corrected chi connectivity index (χ1v) is 25.2. The van der Waals surface area contributed by atoms with Gasteiger partial charge in [0, 0.05) is 49.7 Å². The van der Waals surface area contributed by atoms with E-state index < -0.39 is 5.41 Å². The number of rotatable bonds is 7. The van der Waals surface area contributed by atoms with Gasteiger partial charge in [-0.25, -0.2) is 0 Å². The van der Waals surface area contributed by atoms with Crippen molar-refractivity contribution >= 4 is 60.9 Å². The molecule has 10 aromatic carbocycles. The van der Waals surface area contributed by atoms with Gasteiger partial charge in [-0.2, -0.15) is 0 Å². The van der Waals surface area contributed by atoms with E-state index in [0.717, 1.165) is 83.2 Å². The molecule has 2 aromatic heterocycles. The first kappa shape index (κ1) is 43.6. The Bertz CT molecular complexity index is 3810. The minimum absolute atomic E-state index is 0.0296. The summed E-state index contributed by atoms with van der Waals surface area (Å²) >= 11 is 0. The number of para-hydroxylation sites is 4. The van der Waals surface area contributed by atoms with E-state index in [-0.39, 0.29) is 10.8 Å². The van der Waals surface area contributed by atoms with Crippen molar-refractivity contribution in [3.05, 3.63) is 258 Å². The van der Waals surface area contributed by atoms with Crippen molar-refractivity contribution in [2.24, 2.45) is 0 Å². The molecule has 3 nitrogen and oxygen atoms in total. The maximum absolute atomic E-state index is 6.52. The van der Waals surface area contributed by atoms with Crippen LogP contribution in [0.25, 0.3) is 77.3 Å². The van der Waals surface area contributed by atoms with Gasteiger partial charge in [-0.1, -0.05) is 217 Å². The van der Waals surface area contributed by atoms with E-state index in [9.17, 15) is 0 Å². The fourth-order valence-corrected chi connectivity index (χ4v) is 11.6. The molecule has 0 radical (unpaired) electrons. The normalized spacial score (nSPS) is 13.2. The largest absolute Gasteiger partial charge is 0.455 e. The van der Waals surface area contributed by atoms with E-state index >= 15 is 0 Å². The average Bonchev–Trinajstić information content (AvgIpc) is 4.07. The Balaban J connectivity index is 0.984. The summed E-state index contributed by atoms with van der Waals surface area (Å²) in [4.78, 5) is 2.40. The van der Waals surface area contributed by atoms with Gasteiger partial charge in [0.05, 0.1) is 5.41 Å². The highest BCUT2D eigenvalue weighted by Gasteiger charge is 2.46. The molecule has 0 bridgehead atoms. The lowest BCUT2D eigenvalue weighted by molar-refractivity contribution is 0.588. The second-order valence-corrected chi connectivity index (χ2v) is 21.7. The highest BCUT2D eigenvalue weighted by molar-refractivity contribution is 6.10. The summed E-state index contributed by atoms with van der Waals surface area (Å²) in [5, 5.41) is 4.50. The van der Waals surface area contributed by atoms with Crippen molar-refractivity contribution in [3.8, 4) is 33.4 Å². The van der Waals surface area contributed by atoms with Gasteiger partial charge in [-0.05, 0) is 115 Å². The van der Waals surface area contributed by atoms with Crippen LogP contribution in [0.15, 0.2) is 233 Å². The highest BCUT2D eigenvalue weighted by atomic mass is 16.3. The zero-order valence-corrected chi connectivity index (χ0v) is 41.6. The van der Waals surface area contributed by atoms with Crippen LogP contribution >= 0.6 is 0 Å². The second-order valence-electron chi connectivity index (χ2n) is 21.7. The summed E-state index contributed by atoms with van der Waals surface area (Å²) < 4.78 is 13.0. The number of furan rings is 2. The monoisotopic (exact) mass is 929 g/mol. The van der Waals surface area contributed by atoms with Gasteiger partial charge in [0.2, 0.25) is 0 Å². The second kappa shape index (κ2) is 16.3. The molecule has 13 rings (SSSR count). The third kappa shape index (κ3) is 6.86. The molecule has 2 heterocycles. The number of hydrogen-bond acceptors (Lipinski definition) is 3. The summed E-state index contributed by atoms with van der Waals surface area (Å²) in [6.07, 6.45) is 0. The van der Waals surface area contributed by atoms with E-state index in [1.54, 1.807) is 0 Å². The van der Waals surface area contributed by atoms with Crippen molar-refractivity contribution in [2.75, 3.05) is 4.90 Å². The highest BCUT2D eigenvalue weighted by Crippen LogP contribution is 2.57. The molecule has 1 aliphatic carbocycles. The minimum atomic E-state index is -0.541. The van der Waals surface area contributed by atoms with E-state index in [0.29, 0.717) is 0 Å². The standard InChI is InChI=1S/C69H55NO2/c1-67(2,3)46-29-33-48(34-30-46)69(49-35-31-47(32-36-49)68(4,5)6)61-22-10-7-15-55(61)60-43-52(41-42-62(60)69)70(50-37-25-44(26-38-50)53-18-13-20-58-56-16-8-11-23-63(56)71-65(53)58)51-39-27-45(28-40-51)54-19-14-21-59-57-17-9-12-24-64(57)72-66(54)59/h7-43H,1-6H3. The Morgan fingerprint density at radius 3 is 1.22 bits per heavy atom. The maximum Gasteiger partial charge on any atom is 0.143 e. The van der Waals surface area contributed by atoms with Crippen LogP contribution in [0.4, 0.5) is 17.1 Å². The average molecular weight is 930 g/mol. The third-order valence-corrected chi connectivity index (χ3v) is 15.3. The fraction of sp³-hybridized carbons (Fsp3) is 0.130. The molecule has 0 amide bonds. The van der Waals surface area contributed by atoms with Crippen LogP contribution in [0.5, 0.6) is 0 Å². The first-order chi connectivity index (χ1) is 34.9. The summed E-state index contributed by atoms with van der Waals surface area (Å²) in [5.41, 5.74) is 20.9. The predicted octanol–water partition coefficient (Wildman–Crippen LogP) is 19.2. The third-order valence-electron chi connectivity index (χ3n) is 15.3. The van der Waals surface area contributed by atoms with Crippen molar-refractivity contribution in [2.45, 2.75) is 57.8 Å². The Hall–Kier alpha value is -8.40. The number of fused-ring (bicyclic) bond motifs is 9. The molecule has 3 heteroatoms. The van der Waals surface area contributed by atoms with E-state index in [1.165, 1.54) is 44.5 Å². The van der Waals surface area contributed by atoms with Crippen LogP contribution in [0.2, 0.25) is 0 Å². The van der Waals surface area contributed by atoms with Crippen LogP contribution < -0.4 is 4.90 Å². The van der Waals surface area contributed by atoms with Crippen LogP contribution in [-0.2, 0) is 16.2 Å². The lowest BCUT2D eigenvalue weighted by Crippen LogP contribution is -2.29. The Morgan fingerprint density at radius 1 is 0.333 bits per heavy atom. The zero-order chi connectivity index (χ0) is 48.9. The van der Waals surface area contributed by atoms with Crippen molar-refractivity contribution in [1.82, 2.24) is 0 Å². The molecule has 0 N–H and O–H groups in total. The Morgan fingerprint density at radius 2 is 0.736 bits per heavy atom. The van der Waals surface area contributed by atoms with Crippen LogP contribution in [0.1, 0.15) is 74.9 Å². The van der Waals surface area contributed by atoms with Crippen molar-refractivity contribution in [3.63, 3.8) is 0 Å². The Labute approximate surface area is 421 Å².